The fourth-order valence-electron chi connectivity index (χ4n) is 1.97. The SMILES string of the molecule is CCNC(=O)c1ccc(-n2cnc3ccccc32)nn1. The van der Waals surface area contributed by atoms with Crippen LogP contribution in [-0.2, 0) is 0 Å². The largest absolute Gasteiger partial charge is 0.351 e. The minimum atomic E-state index is -0.220. The number of rotatable bonds is 3. The monoisotopic (exact) mass is 267 g/mol. The number of benzene rings is 1. The van der Waals surface area contributed by atoms with Crippen LogP contribution in [0.3, 0.4) is 0 Å². The van der Waals surface area contributed by atoms with E-state index >= 15 is 0 Å². The second kappa shape index (κ2) is 5.08. The lowest BCUT2D eigenvalue weighted by atomic mass is 10.3. The molecule has 6 nitrogen and oxygen atoms in total. The summed E-state index contributed by atoms with van der Waals surface area (Å²) in [6.45, 7) is 2.42. The van der Waals surface area contributed by atoms with Crippen molar-refractivity contribution in [3.8, 4) is 5.82 Å². The van der Waals surface area contributed by atoms with Gasteiger partial charge in [-0.2, -0.15) is 0 Å². The average Bonchev–Trinajstić information content (AvgIpc) is 2.92. The zero-order chi connectivity index (χ0) is 13.9. The molecule has 1 amide bonds. The lowest BCUT2D eigenvalue weighted by molar-refractivity contribution is 0.0950. The van der Waals surface area contributed by atoms with Crippen molar-refractivity contribution in [2.45, 2.75) is 6.92 Å². The maximum atomic E-state index is 11.6. The molecule has 3 rings (SSSR count). The molecule has 100 valence electrons. The van der Waals surface area contributed by atoms with Crippen molar-refractivity contribution in [1.29, 1.82) is 0 Å². The molecule has 3 aromatic rings. The molecule has 0 atom stereocenters. The summed E-state index contributed by atoms with van der Waals surface area (Å²) in [6, 6.07) is 11.2. The number of amides is 1. The van der Waals surface area contributed by atoms with Gasteiger partial charge in [0.05, 0.1) is 11.0 Å². The predicted molar refractivity (Wildman–Crippen MR) is 74.7 cm³/mol. The van der Waals surface area contributed by atoms with Crippen molar-refractivity contribution in [3.05, 3.63) is 48.4 Å². The van der Waals surface area contributed by atoms with Crippen LogP contribution in [0.5, 0.6) is 0 Å². The van der Waals surface area contributed by atoms with Crippen LogP contribution in [0.1, 0.15) is 17.4 Å². The summed E-state index contributed by atoms with van der Waals surface area (Å²) < 4.78 is 1.84. The van der Waals surface area contributed by atoms with E-state index in [0.29, 0.717) is 18.1 Å². The Morgan fingerprint density at radius 3 is 2.80 bits per heavy atom. The molecule has 0 aliphatic heterocycles. The Kier molecular flexibility index (Phi) is 3.12. The van der Waals surface area contributed by atoms with Crippen molar-refractivity contribution in [1.82, 2.24) is 25.1 Å². The van der Waals surface area contributed by atoms with Crippen LogP contribution in [0.15, 0.2) is 42.7 Å². The fraction of sp³-hybridized carbons (Fsp3) is 0.143. The molecule has 0 fully saturated rings. The molecular weight excluding hydrogens is 254 g/mol. The highest BCUT2D eigenvalue weighted by molar-refractivity contribution is 5.92. The van der Waals surface area contributed by atoms with Crippen LogP contribution in [-0.4, -0.2) is 32.2 Å². The lowest BCUT2D eigenvalue weighted by Crippen LogP contribution is -2.24. The molecule has 0 aliphatic carbocycles. The maximum absolute atomic E-state index is 11.6. The van der Waals surface area contributed by atoms with Gasteiger partial charge in [0.15, 0.2) is 11.5 Å². The molecule has 6 heteroatoms. The highest BCUT2D eigenvalue weighted by atomic mass is 16.1. The first-order chi connectivity index (χ1) is 9.79. The van der Waals surface area contributed by atoms with E-state index in [-0.39, 0.29) is 5.91 Å². The number of nitrogens with one attached hydrogen (secondary N) is 1. The van der Waals surface area contributed by atoms with Gasteiger partial charge in [0, 0.05) is 6.54 Å². The van der Waals surface area contributed by atoms with Gasteiger partial charge in [0.25, 0.3) is 5.91 Å². The first kappa shape index (κ1) is 12.3. The van der Waals surface area contributed by atoms with E-state index in [0.717, 1.165) is 11.0 Å². The normalized spacial score (nSPS) is 10.7. The van der Waals surface area contributed by atoms with Crippen LogP contribution in [0.4, 0.5) is 0 Å². The number of carbonyl (C=O) groups excluding carboxylic acids is 1. The number of carbonyl (C=O) groups is 1. The van der Waals surface area contributed by atoms with Crippen LogP contribution in [0, 0.1) is 0 Å². The Morgan fingerprint density at radius 1 is 1.20 bits per heavy atom. The van der Waals surface area contributed by atoms with Gasteiger partial charge in [0.1, 0.15) is 6.33 Å². The van der Waals surface area contributed by atoms with Gasteiger partial charge < -0.3 is 5.32 Å². The predicted octanol–water partition coefficient (Wildman–Crippen LogP) is 1.57. The number of hydrogen-bond acceptors (Lipinski definition) is 4. The topological polar surface area (TPSA) is 72.7 Å². The van der Waals surface area contributed by atoms with Crippen molar-refractivity contribution in [2.24, 2.45) is 0 Å². The van der Waals surface area contributed by atoms with Gasteiger partial charge in [-0.25, -0.2) is 4.98 Å². The van der Waals surface area contributed by atoms with Crippen LogP contribution in [0.2, 0.25) is 0 Å². The van der Waals surface area contributed by atoms with E-state index in [1.807, 2.05) is 35.8 Å². The number of nitrogens with zero attached hydrogens (tertiary/aromatic N) is 4. The third-order valence-corrected chi connectivity index (χ3v) is 2.92. The second-order valence-corrected chi connectivity index (χ2v) is 4.24. The van der Waals surface area contributed by atoms with E-state index in [4.69, 9.17) is 0 Å². The zero-order valence-electron chi connectivity index (χ0n) is 10.9. The third kappa shape index (κ3) is 2.11. The summed E-state index contributed by atoms with van der Waals surface area (Å²) in [5.41, 5.74) is 2.15. The number of fused-ring (bicyclic) bond motifs is 1. The standard InChI is InChI=1S/C14H13N5O/c1-2-15-14(20)11-7-8-13(18-17-11)19-9-16-10-5-3-4-6-12(10)19/h3-9H,2H2,1H3,(H,15,20). The lowest BCUT2D eigenvalue weighted by Gasteiger charge is -2.04. The second-order valence-electron chi connectivity index (χ2n) is 4.24. The Balaban J connectivity index is 1.97. The van der Waals surface area contributed by atoms with E-state index in [1.165, 1.54) is 0 Å². The van der Waals surface area contributed by atoms with Crippen LogP contribution >= 0.6 is 0 Å². The summed E-state index contributed by atoms with van der Waals surface area (Å²) in [5.74, 6) is 0.411. The van der Waals surface area contributed by atoms with E-state index in [1.54, 1.807) is 18.5 Å². The Labute approximate surface area is 115 Å². The molecule has 1 N–H and O–H groups in total. The Bertz CT molecular complexity index is 748. The Morgan fingerprint density at radius 2 is 2.05 bits per heavy atom. The highest BCUT2D eigenvalue weighted by Gasteiger charge is 2.09. The van der Waals surface area contributed by atoms with Crippen molar-refractivity contribution < 1.29 is 4.79 Å². The minimum Gasteiger partial charge on any atom is -0.351 e. The first-order valence-corrected chi connectivity index (χ1v) is 6.34. The molecule has 20 heavy (non-hydrogen) atoms. The molecule has 0 saturated carbocycles. The number of imidazole rings is 1. The smallest absolute Gasteiger partial charge is 0.271 e. The summed E-state index contributed by atoms with van der Waals surface area (Å²) in [6.07, 6.45) is 1.69. The van der Waals surface area contributed by atoms with E-state index in [9.17, 15) is 4.79 Å². The zero-order valence-corrected chi connectivity index (χ0v) is 10.9. The number of hydrogen-bond donors (Lipinski definition) is 1. The van der Waals surface area contributed by atoms with Crippen molar-refractivity contribution in [3.63, 3.8) is 0 Å². The molecule has 0 unspecified atom stereocenters. The molecule has 2 aromatic heterocycles. The Hall–Kier alpha value is -2.76. The van der Waals surface area contributed by atoms with Crippen molar-refractivity contribution in [2.75, 3.05) is 6.54 Å². The highest BCUT2D eigenvalue weighted by Crippen LogP contribution is 2.15. The summed E-state index contributed by atoms with van der Waals surface area (Å²) >= 11 is 0. The van der Waals surface area contributed by atoms with Crippen LogP contribution < -0.4 is 5.32 Å². The average molecular weight is 267 g/mol. The minimum absolute atomic E-state index is 0.220. The van der Waals surface area contributed by atoms with E-state index in [2.05, 4.69) is 20.5 Å². The summed E-state index contributed by atoms with van der Waals surface area (Å²) in [5, 5.41) is 10.7. The summed E-state index contributed by atoms with van der Waals surface area (Å²) in [7, 11) is 0. The van der Waals surface area contributed by atoms with Gasteiger partial charge in [-0.1, -0.05) is 12.1 Å². The fourth-order valence-corrected chi connectivity index (χ4v) is 1.97. The molecule has 0 radical (unpaired) electrons. The van der Waals surface area contributed by atoms with Gasteiger partial charge in [0.2, 0.25) is 0 Å². The number of para-hydroxylation sites is 2. The van der Waals surface area contributed by atoms with Gasteiger partial charge in [-0.3, -0.25) is 9.36 Å². The molecule has 0 spiro atoms. The quantitative estimate of drug-likeness (QED) is 0.781. The van der Waals surface area contributed by atoms with E-state index < -0.39 is 0 Å². The maximum Gasteiger partial charge on any atom is 0.271 e. The van der Waals surface area contributed by atoms with Gasteiger partial charge in [-0.05, 0) is 31.2 Å². The molecular formula is C14H13N5O. The van der Waals surface area contributed by atoms with Gasteiger partial charge in [-0.15, -0.1) is 10.2 Å². The van der Waals surface area contributed by atoms with Gasteiger partial charge >= 0.3 is 0 Å². The summed E-state index contributed by atoms with van der Waals surface area (Å²) in [4.78, 5) is 15.9. The van der Waals surface area contributed by atoms with Crippen LogP contribution in [0.25, 0.3) is 16.9 Å². The number of aromatic nitrogens is 4. The molecule has 0 bridgehead atoms. The molecule has 0 saturated heterocycles. The molecule has 1 aromatic carbocycles. The molecule has 2 heterocycles. The third-order valence-electron chi connectivity index (χ3n) is 2.92. The molecule has 0 aliphatic rings. The van der Waals surface area contributed by atoms with Crippen molar-refractivity contribution >= 4 is 16.9 Å². The first-order valence-electron chi connectivity index (χ1n) is 6.34.